The summed E-state index contributed by atoms with van der Waals surface area (Å²) in [4.78, 5) is 2.38. The van der Waals surface area contributed by atoms with E-state index in [-0.39, 0.29) is 12.1 Å². The Balaban J connectivity index is 2.49. The van der Waals surface area contributed by atoms with Gasteiger partial charge < -0.3 is 15.2 Å². The molecular weight excluding hydrogens is 204 g/mol. The minimum Gasteiger partial charge on any atom is -0.394 e. The predicted molar refractivity (Wildman–Crippen MR) is 65.6 cm³/mol. The number of ether oxygens (including phenoxy) is 1. The smallest absolute Gasteiger partial charge is 0.0724 e. The summed E-state index contributed by atoms with van der Waals surface area (Å²) in [5.41, 5.74) is -0.209. The average molecular weight is 230 g/mol. The third-order valence-electron chi connectivity index (χ3n) is 3.80. The van der Waals surface area contributed by atoms with Crippen molar-refractivity contribution in [3.8, 4) is 0 Å². The molecule has 1 aliphatic rings. The first-order chi connectivity index (χ1) is 7.54. The zero-order chi connectivity index (χ0) is 12.2. The molecule has 0 spiro atoms. The van der Waals surface area contributed by atoms with Gasteiger partial charge in [0.05, 0.1) is 18.2 Å². The molecule has 1 aliphatic heterocycles. The van der Waals surface area contributed by atoms with Gasteiger partial charge in [0.2, 0.25) is 0 Å². The van der Waals surface area contributed by atoms with Crippen LogP contribution in [0.25, 0.3) is 0 Å². The van der Waals surface area contributed by atoms with E-state index in [0.29, 0.717) is 12.0 Å². The van der Waals surface area contributed by atoms with E-state index in [2.05, 4.69) is 17.1 Å². The monoisotopic (exact) mass is 230 g/mol. The van der Waals surface area contributed by atoms with Crippen molar-refractivity contribution in [2.45, 2.75) is 31.9 Å². The molecule has 3 atom stereocenters. The van der Waals surface area contributed by atoms with E-state index in [9.17, 15) is 5.11 Å². The van der Waals surface area contributed by atoms with Crippen LogP contribution >= 0.6 is 0 Å². The first kappa shape index (κ1) is 13.9. The van der Waals surface area contributed by atoms with E-state index in [1.54, 1.807) is 7.11 Å². The SMILES string of the molecule is CNC(C)(CO)CN1CCC(C)C(OC)C1. The van der Waals surface area contributed by atoms with Gasteiger partial charge in [0, 0.05) is 20.2 Å². The highest BCUT2D eigenvalue weighted by Crippen LogP contribution is 2.20. The molecule has 0 aromatic rings. The third kappa shape index (κ3) is 3.42. The van der Waals surface area contributed by atoms with Gasteiger partial charge in [-0.25, -0.2) is 0 Å². The van der Waals surface area contributed by atoms with Gasteiger partial charge in [-0.15, -0.1) is 0 Å². The molecule has 0 aromatic carbocycles. The van der Waals surface area contributed by atoms with E-state index in [1.165, 1.54) is 6.42 Å². The van der Waals surface area contributed by atoms with Crippen LogP contribution in [0.5, 0.6) is 0 Å². The number of hydrogen-bond acceptors (Lipinski definition) is 4. The zero-order valence-electron chi connectivity index (χ0n) is 11.0. The van der Waals surface area contributed by atoms with Crippen LogP contribution in [0.4, 0.5) is 0 Å². The number of likely N-dealkylation sites (tertiary alicyclic amines) is 1. The Morgan fingerprint density at radius 1 is 1.56 bits per heavy atom. The number of aliphatic hydroxyl groups is 1. The second-order valence-electron chi connectivity index (χ2n) is 5.24. The standard InChI is InChI=1S/C12H26N2O2/c1-10-5-6-14(7-11(10)16-4)8-12(2,9-15)13-3/h10-11,13,15H,5-9H2,1-4H3. The fraction of sp³-hybridized carbons (Fsp3) is 1.00. The quantitative estimate of drug-likeness (QED) is 0.714. The predicted octanol–water partition coefficient (Wildman–Crippen LogP) is 0.314. The van der Waals surface area contributed by atoms with E-state index in [1.807, 2.05) is 14.0 Å². The van der Waals surface area contributed by atoms with Gasteiger partial charge in [0.25, 0.3) is 0 Å². The fourth-order valence-electron chi connectivity index (χ4n) is 2.25. The average Bonchev–Trinajstić information content (AvgIpc) is 2.31. The van der Waals surface area contributed by atoms with Crippen LogP contribution in [0, 0.1) is 5.92 Å². The van der Waals surface area contributed by atoms with Crippen LogP contribution in [0.2, 0.25) is 0 Å². The summed E-state index contributed by atoms with van der Waals surface area (Å²) in [6.45, 7) is 7.38. The van der Waals surface area contributed by atoms with Gasteiger partial charge in [-0.05, 0) is 32.9 Å². The first-order valence-corrected chi connectivity index (χ1v) is 6.09. The normalized spacial score (nSPS) is 31.3. The Kier molecular flexibility index (Phi) is 5.18. The Morgan fingerprint density at radius 3 is 2.75 bits per heavy atom. The van der Waals surface area contributed by atoms with Crippen LogP contribution < -0.4 is 5.32 Å². The first-order valence-electron chi connectivity index (χ1n) is 6.09. The highest BCUT2D eigenvalue weighted by molar-refractivity contribution is 4.88. The summed E-state index contributed by atoms with van der Waals surface area (Å²) in [6, 6.07) is 0. The van der Waals surface area contributed by atoms with Gasteiger partial charge in [0.15, 0.2) is 0 Å². The lowest BCUT2D eigenvalue weighted by Crippen LogP contribution is -2.56. The van der Waals surface area contributed by atoms with Crippen molar-refractivity contribution in [3.63, 3.8) is 0 Å². The molecule has 3 unspecified atom stereocenters. The minimum atomic E-state index is -0.209. The van der Waals surface area contributed by atoms with E-state index in [0.717, 1.165) is 19.6 Å². The molecule has 0 aromatic heterocycles. The number of hydrogen-bond donors (Lipinski definition) is 2. The lowest BCUT2D eigenvalue weighted by Gasteiger charge is -2.40. The minimum absolute atomic E-state index is 0.160. The van der Waals surface area contributed by atoms with E-state index in [4.69, 9.17) is 4.74 Å². The number of rotatable bonds is 5. The van der Waals surface area contributed by atoms with Crippen LogP contribution in [0.15, 0.2) is 0 Å². The van der Waals surface area contributed by atoms with Crippen LogP contribution in [0.3, 0.4) is 0 Å². The second-order valence-corrected chi connectivity index (χ2v) is 5.24. The maximum atomic E-state index is 9.37. The van der Waals surface area contributed by atoms with E-state index >= 15 is 0 Å². The third-order valence-corrected chi connectivity index (χ3v) is 3.80. The Morgan fingerprint density at radius 2 is 2.25 bits per heavy atom. The molecule has 1 fully saturated rings. The molecule has 1 saturated heterocycles. The summed E-state index contributed by atoms with van der Waals surface area (Å²) in [6.07, 6.45) is 1.50. The van der Waals surface area contributed by atoms with Crippen molar-refractivity contribution in [3.05, 3.63) is 0 Å². The van der Waals surface area contributed by atoms with Crippen molar-refractivity contribution in [2.75, 3.05) is 40.4 Å². The molecule has 1 heterocycles. The van der Waals surface area contributed by atoms with Crippen LogP contribution in [-0.4, -0.2) is 62.0 Å². The molecule has 16 heavy (non-hydrogen) atoms. The molecule has 0 bridgehead atoms. The summed E-state index contributed by atoms with van der Waals surface area (Å²) in [5, 5.41) is 12.6. The maximum Gasteiger partial charge on any atom is 0.0724 e. The molecule has 96 valence electrons. The van der Waals surface area contributed by atoms with Gasteiger partial charge in [0.1, 0.15) is 0 Å². The summed E-state index contributed by atoms with van der Waals surface area (Å²) in [7, 11) is 3.69. The molecule has 0 saturated carbocycles. The van der Waals surface area contributed by atoms with Crippen LogP contribution in [-0.2, 0) is 4.74 Å². The van der Waals surface area contributed by atoms with Crippen molar-refractivity contribution in [2.24, 2.45) is 5.92 Å². The summed E-state index contributed by atoms with van der Waals surface area (Å²) in [5.74, 6) is 0.635. The second kappa shape index (κ2) is 5.96. The van der Waals surface area contributed by atoms with Crippen molar-refractivity contribution in [1.29, 1.82) is 0 Å². The van der Waals surface area contributed by atoms with Gasteiger partial charge >= 0.3 is 0 Å². The Bertz CT molecular complexity index is 207. The lowest BCUT2D eigenvalue weighted by atomic mass is 9.94. The van der Waals surface area contributed by atoms with Crippen molar-refractivity contribution in [1.82, 2.24) is 10.2 Å². The number of piperidine rings is 1. The highest BCUT2D eigenvalue weighted by atomic mass is 16.5. The molecule has 2 N–H and O–H groups in total. The molecule has 1 rings (SSSR count). The fourth-order valence-corrected chi connectivity index (χ4v) is 2.25. The highest BCUT2D eigenvalue weighted by Gasteiger charge is 2.30. The maximum absolute atomic E-state index is 9.37. The number of methoxy groups -OCH3 is 1. The summed E-state index contributed by atoms with van der Waals surface area (Å²) < 4.78 is 5.49. The molecule has 4 nitrogen and oxygen atoms in total. The number of nitrogens with zero attached hydrogens (tertiary/aromatic N) is 1. The Labute approximate surface area is 99.0 Å². The molecule has 4 heteroatoms. The number of nitrogens with one attached hydrogen (secondary N) is 1. The largest absolute Gasteiger partial charge is 0.394 e. The molecular formula is C12H26N2O2. The zero-order valence-corrected chi connectivity index (χ0v) is 11.0. The lowest BCUT2D eigenvalue weighted by molar-refractivity contribution is -0.0156. The number of likely N-dealkylation sites (N-methyl/N-ethyl adjacent to an activating group) is 1. The molecule has 0 aliphatic carbocycles. The van der Waals surface area contributed by atoms with Crippen LogP contribution in [0.1, 0.15) is 20.3 Å². The van der Waals surface area contributed by atoms with Gasteiger partial charge in [-0.1, -0.05) is 6.92 Å². The van der Waals surface area contributed by atoms with Gasteiger partial charge in [-0.2, -0.15) is 0 Å². The number of aliphatic hydroxyl groups excluding tert-OH is 1. The van der Waals surface area contributed by atoms with Crippen molar-refractivity contribution >= 4 is 0 Å². The van der Waals surface area contributed by atoms with Crippen molar-refractivity contribution < 1.29 is 9.84 Å². The summed E-state index contributed by atoms with van der Waals surface area (Å²) >= 11 is 0. The molecule has 0 amide bonds. The molecule has 0 radical (unpaired) electrons. The van der Waals surface area contributed by atoms with Gasteiger partial charge in [-0.3, -0.25) is 4.90 Å². The Hall–Kier alpha value is -0.160. The topological polar surface area (TPSA) is 44.7 Å². The van der Waals surface area contributed by atoms with E-state index < -0.39 is 0 Å².